The van der Waals surface area contributed by atoms with Crippen LogP contribution >= 0.6 is 0 Å². The van der Waals surface area contributed by atoms with Crippen LogP contribution < -0.4 is 4.74 Å². The van der Waals surface area contributed by atoms with Crippen LogP contribution in [0.1, 0.15) is 23.4 Å². The van der Waals surface area contributed by atoms with Crippen molar-refractivity contribution in [2.45, 2.75) is 26.7 Å². The zero-order valence-corrected chi connectivity index (χ0v) is 11.7. The number of benzene rings is 1. The molecule has 0 atom stereocenters. The van der Waals surface area contributed by atoms with Gasteiger partial charge < -0.3 is 14.8 Å². The molecule has 102 valence electrons. The number of nitrogens with one attached hydrogen (secondary N) is 1. The van der Waals surface area contributed by atoms with Crippen LogP contribution in [0.5, 0.6) is 5.75 Å². The van der Waals surface area contributed by atoms with Crippen molar-refractivity contribution in [2.24, 2.45) is 0 Å². The number of aliphatic hydroxyl groups is 1. The topological polar surface area (TPSA) is 58.1 Å². The summed E-state index contributed by atoms with van der Waals surface area (Å²) in [6.45, 7) is 4.29. The van der Waals surface area contributed by atoms with Crippen LogP contribution in [-0.2, 0) is 6.42 Å². The average molecular weight is 260 g/mol. The van der Waals surface area contributed by atoms with E-state index in [9.17, 15) is 0 Å². The molecule has 0 aliphatic carbocycles. The number of H-pyrrole nitrogens is 1. The number of hydrogen-bond acceptors (Lipinski definition) is 3. The van der Waals surface area contributed by atoms with Gasteiger partial charge in [-0.3, -0.25) is 0 Å². The largest absolute Gasteiger partial charge is 0.496 e. The van der Waals surface area contributed by atoms with Gasteiger partial charge >= 0.3 is 0 Å². The van der Waals surface area contributed by atoms with Crippen molar-refractivity contribution >= 4 is 0 Å². The monoisotopic (exact) mass is 260 g/mol. The summed E-state index contributed by atoms with van der Waals surface area (Å²) in [6, 6.07) is 4.19. The summed E-state index contributed by atoms with van der Waals surface area (Å²) >= 11 is 0. The Hall–Kier alpha value is -1.81. The number of ether oxygens (including phenoxy) is 1. The predicted molar refractivity (Wildman–Crippen MR) is 75.5 cm³/mol. The van der Waals surface area contributed by atoms with E-state index in [1.165, 1.54) is 5.56 Å². The molecule has 4 heteroatoms. The fourth-order valence-corrected chi connectivity index (χ4v) is 2.30. The number of methoxy groups -OCH3 is 1. The van der Waals surface area contributed by atoms with Gasteiger partial charge in [0.25, 0.3) is 0 Å². The van der Waals surface area contributed by atoms with E-state index in [2.05, 4.69) is 29.0 Å². The zero-order chi connectivity index (χ0) is 13.8. The highest BCUT2D eigenvalue weighted by Gasteiger charge is 2.12. The van der Waals surface area contributed by atoms with Gasteiger partial charge in [-0.25, -0.2) is 4.98 Å². The maximum absolute atomic E-state index is 8.84. The summed E-state index contributed by atoms with van der Waals surface area (Å²) in [5, 5.41) is 8.84. The fraction of sp³-hybridized carbons (Fsp3) is 0.400. The highest BCUT2D eigenvalue weighted by Crippen LogP contribution is 2.33. The standard InChI is InChI=1S/C15H20N2O2/c1-10-7-11(2)15(19-3)12(8-10)13-9-16-14(17-13)5-4-6-18/h7-9,18H,4-6H2,1-3H3,(H,16,17). The van der Waals surface area contributed by atoms with Crippen LogP contribution in [0, 0.1) is 13.8 Å². The first-order chi connectivity index (χ1) is 9.15. The van der Waals surface area contributed by atoms with Gasteiger partial charge in [-0.15, -0.1) is 0 Å². The van der Waals surface area contributed by atoms with Crippen molar-refractivity contribution in [1.29, 1.82) is 0 Å². The Labute approximate surface area is 113 Å². The summed E-state index contributed by atoms with van der Waals surface area (Å²) < 4.78 is 5.49. The Morgan fingerprint density at radius 2 is 2.11 bits per heavy atom. The summed E-state index contributed by atoms with van der Waals surface area (Å²) in [7, 11) is 1.68. The van der Waals surface area contributed by atoms with Gasteiger partial charge in [0.15, 0.2) is 0 Å². The molecule has 0 fully saturated rings. The van der Waals surface area contributed by atoms with Gasteiger partial charge in [0.2, 0.25) is 0 Å². The number of aromatic amines is 1. The number of rotatable bonds is 5. The first kappa shape index (κ1) is 13.6. The summed E-state index contributed by atoms with van der Waals surface area (Å²) in [4.78, 5) is 7.63. The second-order valence-electron chi connectivity index (χ2n) is 4.73. The SMILES string of the molecule is COc1c(C)cc(C)cc1-c1cnc(CCCO)[nH]1. The Bertz CT molecular complexity index is 561. The molecule has 2 N–H and O–H groups in total. The molecule has 4 nitrogen and oxygen atoms in total. The van der Waals surface area contributed by atoms with E-state index in [1.54, 1.807) is 7.11 Å². The second-order valence-corrected chi connectivity index (χ2v) is 4.73. The molecule has 1 heterocycles. The molecular formula is C15H20N2O2. The number of imidazole rings is 1. The fourth-order valence-electron chi connectivity index (χ4n) is 2.30. The maximum atomic E-state index is 8.84. The van der Waals surface area contributed by atoms with E-state index in [0.29, 0.717) is 0 Å². The van der Waals surface area contributed by atoms with E-state index < -0.39 is 0 Å². The molecule has 0 unspecified atom stereocenters. The average Bonchev–Trinajstić information content (AvgIpc) is 2.84. The molecule has 1 aromatic carbocycles. The molecule has 0 amide bonds. The maximum Gasteiger partial charge on any atom is 0.131 e. The number of aliphatic hydroxyl groups excluding tert-OH is 1. The van der Waals surface area contributed by atoms with Crippen molar-refractivity contribution in [3.8, 4) is 17.0 Å². The molecule has 19 heavy (non-hydrogen) atoms. The molecule has 0 spiro atoms. The minimum atomic E-state index is 0.183. The van der Waals surface area contributed by atoms with Crippen molar-refractivity contribution in [3.63, 3.8) is 0 Å². The first-order valence-corrected chi connectivity index (χ1v) is 6.46. The second kappa shape index (κ2) is 5.89. The van der Waals surface area contributed by atoms with Gasteiger partial charge in [0.05, 0.1) is 19.0 Å². The third-order valence-electron chi connectivity index (χ3n) is 3.11. The quantitative estimate of drug-likeness (QED) is 0.869. The van der Waals surface area contributed by atoms with E-state index in [4.69, 9.17) is 9.84 Å². The molecule has 0 aliphatic rings. The summed E-state index contributed by atoms with van der Waals surface area (Å²) in [6.07, 6.45) is 3.30. The molecule has 0 radical (unpaired) electrons. The number of aryl methyl sites for hydroxylation is 3. The van der Waals surface area contributed by atoms with Crippen LogP contribution in [0.15, 0.2) is 18.3 Å². The summed E-state index contributed by atoms with van der Waals surface area (Å²) in [5.41, 5.74) is 4.29. The Balaban J connectivity index is 2.38. The first-order valence-electron chi connectivity index (χ1n) is 6.46. The van der Waals surface area contributed by atoms with Crippen molar-refractivity contribution in [1.82, 2.24) is 9.97 Å². The Morgan fingerprint density at radius 1 is 1.32 bits per heavy atom. The smallest absolute Gasteiger partial charge is 0.131 e. The van der Waals surface area contributed by atoms with Gasteiger partial charge in [-0.05, 0) is 37.5 Å². The van der Waals surface area contributed by atoms with E-state index in [-0.39, 0.29) is 6.61 Å². The van der Waals surface area contributed by atoms with Crippen LogP contribution in [0.3, 0.4) is 0 Å². The molecular weight excluding hydrogens is 240 g/mol. The van der Waals surface area contributed by atoms with Crippen LogP contribution in [0.2, 0.25) is 0 Å². The minimum absolute atomic E-state index is 0.183. The Kier molecular flexibility index (Phi) is 4.22. The normalized spacial score (nSPS) is 10.7. The molecule has 0 saturated heterocycles. The van der Waals surface area contributed by atoms with Gasteiger partial charge in [0.1, 0.15) is 11.6 Å². The molecule has 0 bridgehead atoms. The van der Waals surface area contributed by atoms with Gasteiger partial charge in [-0.1, -0.05) is 6.07 Å². The Morgan fingerprint density at radius 3 is 2.79 bits per heavy atom. The third-order valence-corrected chi connectivity index (χ3v) is 3.11. The van der Waals surface area contributed by atoms with E-state index in [1.807, 2.05) is 13.1 Å². The lowest BCUT2D eigenvalue weighted by Gasteiger charge is -2.11. The van der Waals surface area contributed by atoms with Crippen molar-refractivity contribution in [3.05, 3.63) is 35.3 Å². The highest BCUT2D eigenvalue weighted by atomic mass is 16.5. The molecule has 0 saturated carbocycles. The summed E-state index contributed by atoms with van der Waals surface area (Å²) in [5.74, 6) is 1.77. The lowest BCUT2D eigenvalue weighted by Crippen LogP contribution is -1.94. The van der Waals surface area contributed by atoms with Crippen LogP contribution in [-0.4, -0.2) is 28.8 Å². The molecule has 1 aromatic heterocycles. The molecule has 0 aliphatic heterocycles. The lowest BCUT2D eigenvalue weighted by molar-refractivity contribution is 0.287. The van der Waals surface area contributed by atoms with Gasteiger partial charge in [0, 0.05) is 18.6 Å². The number of aromatic nitrogens is 2. The minimum Gasteiger partial charge on any atom is -0.496 e. The van der Waals surface area contributed by atoms with Gasteiger partial charge in [-0.2, -0.15) is 0 Å². The highest BCUT2D eigenvalue weighted by molar-refractivity contribution is 5.69. The molecule has 2 aromatic rings. The molecule has 2 rings (SSSR count). The van der Waals surface area contributed by atoms with Crippen LogP contribution in [0.4, 0.5) is 0 Å². The van der Waals surface area contributed by atoms with Crippen molar-refractivity contribution < 1.29 is 9.84 Å². The lowest BCUT2D eigenvalue weighted by atomic mass is 10.0. The van der Waals surface area contributed by atoms with Crippen LogP contribution in [0.25, 0.3) is 11.3 Å². The van der Waals surface area contributed by atoms with E-state index >= 15 is 0 Å². The number of nitrogens with zero attached hydrogens (tertiary/aromatic N) is 1. The zero-order valence-electron chi connectivity index (χ0n) is 11.7. The van der Waals surface area contributed by atoms with E-state index in [0.717, 1.165) is 41.2 Å². The predicted octanol–water partition coefficient (Wildman–Crippen LogP) is 2.63. The van der Waals surface area contributed by atoms with Crippen molar-refractivity contribution in [2.75, 3.05) is 13.7 Å². The number of hydrogen-bond donors (Lipinski definition) is 2. The third kappa shape index (κ3) is 2.96.